The molecule has 0 aliphatic carbocycles. The van der Waals surface area contributed by atoms with Crippen LogP contribution in [0.2, 0.25) is 10.2 Å². The molecule has 0 amide bonds. The number of para-hydroxylation sites is 1. The van der Waals surface area contributed by atoms with Crippen molar-refractivity contribution in [2.45, 2.75) is 0 Å². The van der Waals surface area contributed by atoms with E-state index in [-0.39, 0.29) is 10.8 Å². The van der Waals surface area contributed by atoms with Crippen LogP contribution in [-0.2, 0) is 10.0 Å². The number of pyridine rings is 2. The normalized spacial score (nSPS) is 11.2. The van der Waals surface area contributed by atoms with Crippen molar-refractivity contribution in [2.24, 2.45) is 0 Å². The van der Waals surface area contributed by atoms with Crippen molar-refractivity contribution in [3.05, 3.63) is 88.8 Å². The molecule has 8 nitrogen and oxygen atoms in total. The lowest BCUT2D eigenvalue weighted by molar-refractivity contribution is 0.483. The van der Waals surface area contributed by atoms with E-state index >= 15 is 0 Å². The molecule has 0 atom stereocenters. The van der Waals surface area contributed by atoms with Crippen molar-refractivity contribution in [3.63, 3.8) is 0 Å². The van der Waals surface area contributed by atoms with Crippen molar-refractivity contribution in [3.8, 4) is 28.0 Å². The Kier molecular flexibility index (Phi) is 7.10. The van der Waals surface area contributed by atoms with Crippen LogP contribution in [0.1, 0.15) is 5.56 Å². The molecule has 0 saturated heterocycles. The van der Waals surface area contributed by atoms with Gasteiger partial charge in [0.05, 0.1) is 38.4 Å². The van der Waals surface area contributed by atoms with Gasteiger partial charge in [0, 0.05) is 28.5 Å². The highest BCUT2D eigenvalue weighted by molar-refractivity contribution is 7.92. The number of ether oxygens (including phenoxy) is 1. The number of sulfonamides is 1. The number of thiophene rings is 1. The first-order chi connectivity index (χ1) is 18.2. The minimum absolute atomic E-state index is 0.0316. The zero-order valence-corrected chi connectivity index (χ0v) is 22.7. The molecule has 3 aromatic heterocycles. The van der Waals surface area contributed by atoms with Crippen molar-refractivity contribution in [2.75, 3.05) is 16.3 Å². The quantitative estimate of drug-likeness (QED) is 0.192. The molecule has 5 aromatic rings. The van der Waals surface area contributed by atoms with Gasteiger partial charge in [0.1, 0.15) is 17.6 Å². The number of halogens is 2. The topological polar surface area (TPSA) is 117 Å². The van der Waals surface area contributed by atoms with E-state index in [1.54, 1.807) is 30.5 Å². The van der Waals surface area contributed by atoms with Gasteiger partial charge >= 0.3 is 0 Å². The van der Waals surface area contributed by atoms with Crippen molar-refractivity contribution in [1.82, 2.24) is 9.97 Å². The predicted octanol–water partition coefficient (Wildman–Crippen LogP) is 7.44. The molecule has 38 heavy (non-hydrogen) atoms. The van der Waals surface area contributed by atoms with E-state index in [9.17, 15) is 13.7 Å². The van der Waals surface area contributed by atoms with Gasteiger partial charge in [0.25, 0.3) is 0 Å². The first kappa shape index (κ1) is 25.8. The van der Waals surface area contributed by atoms with Crippen LogP contribution in [0.25, 0.3) is 20.7 Å². The van der Waals surface area contributed by atoms with Crippen LogP contribution in [0.4, 0.5) is 17.1 Å². The van der Waals surface area contributed by atoms with Gasteiger partial charge in [0.2, 0.25) is 10.0 Å². The summed E-state index contributed by atoms with van der Waals surface area (Å²) >= 11 is 13.9. The summed E-state index contributed by atoms with van der Waals surface area (Å²) in [7, 11) is -3.55. The fourth-order valence-corrected chi connectivity index (χ4v) is 5.68. The summed E-state index contributed by atoms with van der Waals surface area (Å²) in [6.07, 6.45) is 4.07. The summed E-state index contributed by atoms with van der Waals surface area (Å²) in [6.45, 7) is 0. The molecule has 0 spiro atoms. The highest BCUT2D eigenvalue weighted by atomic mass is 35.5. The number of benzene rings is 2. The number of nitrogens with one attached hydrogen (secondary N) is 2. The molecule has 0 aliphatic rings. The van der Waals surface area contributed by atoms with E-state index in [4.69, 9.17) is 27.9 Å². The van der Waals surface area contributed by atoms with Crippen molar-refractivity contribution >= 4 is 71.8 Å². The molecule has 12 heteroatoms. The smallest absolute Gasteiger partial charge is 0.229 e. The van der Waals surface area contributed by atoms with E-state index in [1.165, 1.54) is 17.5 Å². The van der Waals surface area contributed by atoms with Crippen molar-refractivity contribution < 1.29 is 13.2 Å². The number of aromatic nitrogens is 2. The molecule has 5 rings (SSSR count). The summed E-state index contributed by atoms with van der Waals surface area (Å²) in [6, 6.07) is 20.2. The minimum Gasteiger partial charge on any atom is -0.456 e. The maximum Gasteiger partial charge on any atom is 0.229 e. The van der Waals surface area contributed by atoms with Gasteiger partial charge in [0.15, 0.2) is 5.15 Å². The van der Waals surface area contributed by atoms with Gasteiger partial charge < -0.3 is 10.1 Å². The molecule has 2 aromatic carbocycles. The number of rotatable bonds is 7. The fourth-order valence-electron chi connectivity index (χ4n) is 3.60. The van der Waals surface area contributed by atoms with Gasteiger partial charge in [-0.05, 0) is 42.5 Å². The molecule has 0 bridgehead atoms. The van der Waals surface area contributed by atoms with Gasteiger partial charge in [-0.1, -0.05) is 41.4 Å². The maximum atomic E-state index is 11.7. The standard InChI is InChI=1S/C26H17Cl2N5O3S2/c1-38(34,35)33-21-9-15(13-31-26(21)28)23-11-20-25(37-23)24(16(12-29)14-30-20)32-17-7-8-22(19(27)10-17)36-18-5-3-2-4-6-18/h2-11,13-14,33H,1H3,(H,30,32). The van der Waals surface area contributed by atoms with E-state index < -0.39 is 10.0 Å². The van der Waals surface area contributed by atoms with Crippen LogP contribution in [0.15, 0.2) is 73.1 Å². The summed E-state index contributed by atoms with van der Waals surface area (Å²) < 4.78 is 32.4. The van der Waals surface area contributed by atoms with Gasteiger partial charge in [-0.25, -0.2) is 13.4 Å². The summed E-state index contributed by atoms with van der Waals surface area (Å²) in [5.41, 5.74) is 3.02. The largest absolute Gasteiger partial charge is 0.456 e. The number of nitrogens with zero attached hydrogens (tertiary/aromatic N) is 3. The number of nitriles is 1. The Morgan fingerprint density at radius 2 is 1.82 bits per heavy atom. The van der Waals surface area contributed by atoms with E-state index in [0.29, 0.717) is 44.5 Å². The Morgan fingerprint density at radius 1 is 1.03 bits per heavy atom. The molecule has 2 N–H and O–H groups in total. The molecule has 0 aliphatic heterocycles. The Hall–Kier alpha value is -3.88. The van der Waals surface area contributed by atoms with Crippen molar-refractivity contribution in [1.29, 1.82) is 5.26 Å². The molecule has 3 heterocycles. The second kappa shape index (κ2) is 10.5. The van der Waals surface area contributed by atoms with Crippen LogP contribution in [-0.4, -0.2) is 24.6 Å². The van der Waals surface area contributed by atoms with Gasteiger partial charge in [-0.15, -0.1) is 11.3 Å². The lowest BCUT2D eigenvalue weighted by Gasteiger charge is -2.12. The number of hydrogen-bond acceptors (Lipinski definition) is 8. The van der Waals surface area contributed by atoms with Crippen LogP contribution in [0.5, 0.6) is 11.5 Å². The van der Waals surface area contributed by atoms with E-state index in [2.05, 4.69) is 26.1 Å². The summed E-state index contributed by atoms with van der Waals surface area (Å²) in [4.78, 5) is 9.29. The lowest BCUT2D eigenvalue weighted by atomic mass is 10.2. The maximum absolute atomic E-state index is 11.7. The van der Waals surface area contributed by atoms with Crippen LogP contribution in [0, 0.1) is 11.3 Å². The monoisotopic (exact) mass is 581 g/mol. The molecular weight excluding hydrogens is 565 g/mol. The molecule has 190 valence electrons. The summed E-state index contributed by atoms with van der Waals surface area (Å²) in [5.74, 6) is 1.16. The van der Waals surface area contributed by atoms with Crippen LogP contribution >= 0.6 is 34.5 Å². The first-order valence-corrected chi connectivity index (χ1v) is 14.4. The Balaban J connectivity index is 1.50. The first-order valence-electron chi connectivity index (χ1n) is 11.0. The second-order valence-corrected chi connectivity index (χ2v) is 11.7. The lowest BCUT2D eigenvalue weighted by Crippen LogP contribution is -2.10. The zero-order chi connectivity index (χ0) is 26.9. The highest BCUT2D eigenvalue weighted by Crippen LogP contribution is 2.41. The molecule has 0 saturated carbocycles. The number of anilines is 3. The highest BCUT2D eigenvalue weighted by Gasteiger charge is 2.17. The third kappa shape index (κ3) is 5.66. The van der Waals surface area contributed by atoms with Gasteiger partial charge in [-0.2, -0.15) is 5.26 Å². The van der Waals surface area contributed by atoms with E-state index in [1.807, 2.05) is 36.4 Å². The molecule has 0 fully saturated rings. The average molecular weight is 582 g/mol. The average Bonchev–Trinajstić information content (AvgIpc) is 3.32. The number of fused-ring (bicyclic) bond motifs is 1. The zero-order valence-electron chi connectivity index (χ0n) is 19.6. The predicted molar refractivity (Wildman–Crippen MR) is 152 cm³/mol. The molecule has 0 radical (unpaired) electrons. The Morgan fingerprint density at radius 3 is 2.53 bits per heavy atom. The molecule has 0 unspecified atom stereocenters. The summed E-state index contributed by atoms with van der Waals surface area (Å²) in [5, 5.41) is 13.5. The minimum atomic E-state index is -3.55. The van der Waals surface area contributed by atoms with E-state index in [0.717, 1.165) is 15.8 Å². The SMILES string of the molecule is CS(=O)(=O)Nc1cc(-c2cc3ncc(C#N)c(Nc4ccc(Oc5ccccc5)c(Cl)c4)c3s2)cnc1Cl. The second-order valence-electron chi connectivity index (χ2n) is 8.11. The molecular formula is C26H17Cl2N5O3S2. The van der Waals surface area contributed by atoms with Crippen LogP contribution < -0.4 is 14.8 Å². The third-order valence-electron chi connectivity index (χ3n) is 5.25. The number of hydrogen-bond donors (Lipinski definition) is 2. The third-order valence-corrected chi connectivity index (χ3v) is 7.63. The Bertz CT molecular complexity index is 1820. The Labute approximate surface area is 232 Å². The van der Waals surface area contributed by atoms with Gasteiger partial charge in [-0.3, -0.25) is 9.71 Å². The van der Waals surface area contributed by atoms with Crippen LogP contribution in [0.3, 0.4) is 0 Å². The fraction of sp³-hybridized carbons (Fsp3) is 0.0385.